The summed E-state index contributed by atoms with van der Waals surface area (Å²) in [5.74, 6) is -1.43. The largest absolute Gasteiger partial charge is 0.349 e. The summed E-state index contributed by atoms with van der Waals surface area (Å²) in [5, 5.41) is 4.80. The van der Waals surface area contributed by atoms with Crippen LogP contribution < -0.4 is 10.2 Å². The average molecular weight is 643 g/mol. The fraction of sp³-hybridized carbons (Fsp3) is 0.367. The Kier molecular flexibility index (Phi) is 7.12. The first kappa shape index (κ1) is 28.8. The predicted molar refractivity (Wildman–Crippen MR) is 157 cm³/mol. The van der Waals surface area contributed by atoms with E-state index in [0.29, 0.717) is 54.1 Å². The molecule has 1 saturated heterocycles. The van der Waals surface area contributed by atoms with Crippen LogP contribution in [0.15, 0.2) is 48.2 Å². The molecule has 7 rings (SSSR count). The third kappa shape index (κ3) is 4.82. The number of benzene rings is 1. The van der Waals surface area contributed by atoms with Gasteiger partial charge in [0.25, 0.3) is 18.2 Å². The van der Waals surface area contributed by atoms with E-state index in [0.717, 1.165) is 6.20 Å². The summed E-state index contributed by atoms with van der Waals surface area (Å²) in [5.41, 5.74) is -0.253. The van der Waals surface area contributed by atoms with Crippen molar-refractivity contribution in [2.75, 3.05) is 24.5 Å². The van der Waals surface area contributed by atoms with Gasteiger partial charge in [0.2, 0.25) is 5.91 Å². The Hall–Kier alpha value is -3.97. The number of halogens is 4. The molecule has 44 heavy (non-hydrogen) atoms. The number of hydrogen-bond acceptors (Lipinski definition) is 6. The molecule has 14 heteroatoms. The lowest BCUT2D eigenvalue weighted by molar-refractivity contribution is -0.128. The van der Waals surface area contributed by atoms with Gasteiger partial charge >= 0.3 is 0 Å². The molecule has 1 saturated carbocycles. The van der Waals surface area contributed by atoms with Gasteiger partial charge in [-0.05, 0) is 55.4 Å². The summed E-state index contributed by atoms with van der Waals surface area (Å²) in [6, 6.07) is 5.31. The van der Waals surface area contributed by atoms with Crippen molar-refractivity contribution in [1.82, 2.24) is 24.6 Å². The first-order valence-electron chi connectivity index (χ1n) is 14.2. The fourth-order valence-corrected chi connectivity index (χ4v) is 7.52. The molecular formula is C30H26ClF3N6O3S. The zero-order valence-corrected chi connectivity index (χ0v) is 24.8. The van der Waals surface area contributed by atoms with Crippen molar-refractivity contribution in [2.24, 2.45) is 5.92 Å². The number of hydrogen-bond donors (Lipinski definition) is 1. The number of fused-ring (bicyclic) bond motifs is 3. The molecule has 0 unspecified atom stereocenters. The minimum atomic E-state index is -2.92. The maximum Gasteiger partial charge on any atom is 0.281 e. The average Bonchev–Trinajstić information content (AvgIpc) is 3.65. The van der Waals surface area contributed by atoms with Crippen molar-refractivity contribution >= 4 is 51.3 Å². The zero-order valence-electron chi connectivity index (χ0n) is 23.2. The number of alkyl halides is 2. The number of rotatable bonds is 6. The molecule has 228 valence electrons. The number of thiazole rings is 1. The number of aromatic nitrogens is 3. The molecule has 9 nitrogen and oxygen atoms in total. The number of carbonyl (C=O) groups is 3. The van der Waals surface area contributed by atoms with Crippen molar-refractivity contribution in [3.8, 4) is 0 Å². The third-order valence-electron chi connectivity index (χ3n) is 8.90. The van der Waals surface area contributed by atoms with Crippen molar-refractivity contribution in [1.29, 1.82) is 0 Å². The number of imidazole rings is 1. The van der Waals surface area contributed by atoms with Crippen molar-refractivity contribution in [3.63, 3.8) is 0 Å². The van der Waals surface area contributed by atoms with Gasteiger partial charge in [-0.15, -0.1) is 11.3 Å². The monoisotopic (exact) mass is 642 g/mol. The van der Waals surface area contributed by atoms with Gasteiger partial charge in [0.1, 0.15) is 22.6 Å². The summed E-state index contributed by atoms with van der Waals surface area (Å²) >= 11 is 7.32. The van der Waals surface area contributed by atoms with E-state index in [2.05, 4.69) is 15.3 Å². The van der Waals surface area contributed by atoms with Gasteiger partial charge in [-0.1, -0.05) is 17.7 Å². The number of anilines is 1. The van der Waals surface area contributed by atoms with E-state index in [1.54, 1.807) is 26.5 Å². The van der Waals surface area contributed by atoms with E-state index in [-0.39, 0.29) is 47.4 Å². The van der Waals surface area contributed by atoms with Gasteiger partial charge in [-0.2, -0.15) is 0 Å². The molecule has 1 spiro atoms. The highest BCUT2D eigenvalue weighted by atomic mass is 35.5. The lowest BCUT2D eigenvalue weighted by Gasteiger charge is -2.46. The van der Waals surface area contributed by atoms with E-state index in [1.165, 1.54) is 29.5 Å². The van der Waals surface area contributed by atoms with Gasteiger partial charge in [0.15, 0.2) is 4.96 Å². The molecule has 0 atom stereocenters. The lowest BCUT2D eigenvalue weighted by atomic mass is 9.74. The summed E-state index contributed by atoms with van der Waals surface area (Å²) in [7, 11) is 0. The smallest absolute Gasteiger partial charge is 0.281 e. The topological polar surface area (TPSA) is 99.9 Å². The highest BCUT2D eigenvalue weighted by molar-refractivity contribution is 7.15. The second-order valence-electron chi connectivity index (χ2n) is 11.6. The summed E-state index contributed by atoms with van der Waals surface area (Å²) in [6.07, 6.45) is 4.18. The highest BCUT2D eigenvalue weighted by Gasteiger charge is 2.59. The van der Waals surface area contributed by atoms with Crippen LogP contribution in [0.4, 0.5) is 18.9 Å². The van der Waals surface area contributed by atoms with Crippen LogP contribution in [-0.4, -0.2) is 62.7 Å². The number of likely N-dealkylation sites (tertiary alicyclic amines) is 1. The SMILES string of the molecule is O=C(N[C@H]1CC[C@H](CN2C(=O)C3(CN(C(=O)c4cn5ccsc5n4)C3)c3ccc(F)cc32)CC1)c1cc(Cl)cnc1C(F)F. The first-order chi connectivity index (χ1) is 21.1. The maximum absolute atomic E-state index is 14.4. The van der Waals surface area contributed by atoms with Crippen LogP contribution in [0, 0.1) is 11.7 Å². The quantitative estimate of drug-likeness (QED) is 0.310. The molecule has 3 amide bonds. The van der Waals surface area contributed by atoms with Crippen LogP contribution in [0.25, 0.3) is 4.96 Å². The maximum atomic E-state index is 14.4. The Labute approximate surface area is 258 Å². The van der Waals surface area contributed by atoms with Crippen LogP contribution in [0.3, 0.4) is 0 Å². The molecule has 1 aliphatic carbocycles. The van der Waals surface area contributed by atoms with Gasteiger partial charge in [-0.3, -0.25) is 23.8 Å². The number of carbonyl (C=O) groups excluding carboxylic acids is 3. The van der Waals surface area contributed by atoms with Gasteiger partial charge in [-0.25, -0.2) is 18.2 Å². The van der Waals surface area contributed by atoms with Crippen molar-refractivity contribution < 1.29 is 27.6 Å². The lowest BCUT2D eigenvalue weighted by Crippen LogP contribution is -2.65. The van der Waals surface area contributed by atoms with Crippen LogP contribution in [0.1, 0.15) is 64.2 Å². The molecular weight excluding hydrogens is 617 g/mol. The Morgan fingerprint density at radius 1 is 1.16 bits per heavy atom. The fourth-order valence-electron chi connectivity index (χ4n) is 6.66. The molecule has 1 N–H and O–H groups in total. The van der Waals surface area contributed by atoms with E-state index in [4.69, 9.17) is 11.6 Å². The van der Waals surface area contributed by atoms with Gasteiger partial charge in [0.05, 0.1) is 16.3 Å². The summed E-state index contributed by atoms with van der Waals surface area (Å²) in [4.78, 5) is 51.9. The van der Waals surface area contributed by atoms with Crippen LogP contribution in [0.2, 0.25) is 5.02 Å². The second kappa shape index (κ2) is 10.9. The number of amides is 3. The number of pyridine rings is 1. The molecule has 0 radical (unpaired) electrons. The Bertz CT molecular complexity index is 1770. The molecule has 1 aromatic carbocycles. The molecule has 4 aromatic rings. The molecule has 0 bridgehead atoms. The normalized spacial score (nSPS) is 20.8. The summed E-state index contributed by atoms with van der Waals surface area (Å²) in [6.45, 7) is 0.738. The first-order valence-corrected chi connectivity index (χ1v) is 15.5. The molecule has 2 aliphatic heterocycles. The second-order valence-corrected chi connectivity index (χ2v) is 12.9. The van der Waals surface area contributed by atoms with Crippen LogP contribution in [0.5, 0.6) is 0 Å². The van der Waals surface area contributed by atoms with Crippen LogP contribution in [-0.2, 0) is 10.2 Å². The minimum Gasteiger partial charge on any atom is -0.349 e. The van der Waals surface area contributed by atoms with E-state index >= 15 is 0 Å². The van der Waals surface area contributed by atoms with Gasteiger partial charge < -0.3 is 15.1 Å². The molecule has 3 aromatic heterocycles. The standard InChI is InChI=1S/C30H26ClF3N6O3S/c31-17-9-20(24(25(33)34)35-11-17)26(41)36-19-4-1-16(2-5-19)12-40-23-10-18(32)3-6-21(23)30(28(40)43)14-39(15-30)27(42)22-13-38-7-8-44-29(38)37-22/h3,6-11,13,16,19,25H,1-2,4-5,12,14-15H2,(H,36,41)/t16-,19-. The van der Waals surface area contributed by atoms with Gasteiger partial charge in [0, 0.05) is 49.6 Å². The molecule has 3 aliphatic rings. The van der Waals surface area contributed by atoms with Crippen molar-refractivity contribution in [3.05, 3.63) is 81.6 Å². The number of nitrogens with zero attached hydrogens (tertiary/aromatic N) is 5. The Balaban J connectivity index is 1.01. The zero-order chi connectivity index (χ0) is 30.7. The minimum absolute atomic E-state index is 0.0825. The Morgan fingerprint density at radius 3 is 2.66 bits per heavy atom. The third-order valence-corrected chi connectivity index (χ3v) is 9.88. The van der Waals surface area contributed by atoms with E-state index in [9.17, 15) is 27.6 Å². The van der Waals surface area contributed by atoms with E-state index in [1.807, 2.05) is 11.6 Å². The van der Waals surface area contributed by atoms with Crippen LogP contribution >= 0.6 is 22.9 Å². The van der Waals surface area contributed by atoms with Crippen molar-refractivity contribution in [2.45, 2.75) is 43.6 Å². The predicted octanol–water partition coefficient (Wildman–Crippen LogP) is 5.25. The number of nitrogens with one attached hydrogen (secondary N) is 1. The Morgan fingerprint density at radius 2 is 1.93 bits per heavy atom. The highest BCUT2D eigenvalue weighted by Crippen LogP contribution is 2.48. The summed E-state index contributed by atoms with van der Waals surface area (Å²) < 4.78 is 43.0. The molecule has 2 fully saturated rings. The van der Waals surface area contributed by atoms with E-state index < -0.39 is 29.3 Å². The molecule has 5 heterocycles.